The minimum absolute atomic E-state index is 0. The van der Waals surface area contributed by atoms with Gasteiger partial charge in [-0.25, -0.2) is 4.79 Å². The van der Waals surface area contributed by atoms with Gasteiger partial charge in [0.1, 0.15) is 6.61 Å². The SMILES string of the molecule is COc1cc([C@@H]2COC(=O)N2)cc(OC)c1O.Cl. The van der Waals surface area contributed by atoms with Gasteiger partial charge in [0.2, 0.25) is 5.75 Å². The fraction of sp³-hybridized carbons (Fsp3) is 0.364. The summed E-state index contributed by atoms with van der Waals surface area (Å²) in [5, 5.41) is 12.4. The Hall–Kier alpha value is -1.82. The van der Waals surface area contributed by atoms with Gasteiger partial charge < -0.3 is 24.6 Å². The number of benzene rings is 1. The summed E-state index contributed by atoms with van der Waals surface area (Å²) >= 11 is 0. The number of carbonyl (C=O) groups is 1. The van der Waals surface area contributed by atoms with E-state index in [1.807, 2.05) is 0 Å². The van der Waals surface area contributed by atoms with Crippen molar-refractivity contribution < 1.29 is 24.1 Å². The van der Waals surface area contributed by atoms with Crippen LogP contribution in [0.4, 0.5) is 4.79 Å². The number of carbonyl (C=O) groups excluding carboxylic acids is 1. The van der Waals surface area contributed by atoms with Gasteiger partial charge >= 0.3 is 6.09 Å². The second kappa shape index (κ2) is 5.68. The molecule has 2 rings (SSSR count). The number of rotatable bonds is 3. The molecule has 1 aromatic rings. The zero-order chi connectivity index (χ0) is 12.4. The van der Waals surface area contributed by atoms with Gasteiger partial charge in [-0.15, -0.1) is 12.4 Å². The number of phenols is 1. The molecule has 1 saturated heterocycles. The van der Waals surface area contributed by atoms with Gasteiger partial charge in [0, 0.05) is 0 Å². The molecular weight excluding hydrogens is 262 g/mol. The van der Waals surface area contributed by atoms with Gasteiger partial charge in [-0.2, -0.15) is 0 Å². The molecule has 1 aliphatic rings. The maximum absolute atomic E-state index is 11.0. The van der Waals surface area contributed by atoms with Crippen molar-refractivity contribution in [2.75, 3.05) is 20.8 Å². The fourth-order valence-electron chi connectivity index (χ4n) is 1.68. The van der Waals surface area contributed by atoms with Crippen LogP contribution >= 0.6 is 12.4 Å². The number of hydrogen-bond acceptors (Lipinski definition) is 5. The van der Waals surface area contributed by atoms with Crippen molar-refractivity contribution in [1.82, 2.24) is 5.32 Å². The number of hydrogen-bond donors (Lipinski definition) is 2. The van der Waals surface area contributed by atoms with Crippen LogP contribution in [0.15, 0.2) is 12.1 Å². The molecular formula is C11H14ClNO5. The first-order valence-electron chi connectivity index (χ1n) is 5.04. The summed E-state index contributed by atoms with van der Waals surface area (Å²) in [6.07, 6.45) is -0.457. The Bertz CT molecular complexity index is 426. The molecule has 1 heterocycles. The first kappa shape index (κ1) is 14.2. The van der Waals surface area contributed by atoms with Gasteiger partial charge in [0.05, 0.1) is 20.3 Å². The summed E-state index contributed by atoms with van der Waals surface area (Å²) in [4.78, 5) is 11.0. The van der Waals surface area contributed by atoms with E-state index in [0.29, 0.717) is 11.5 Å². The van der Waals surface area contributed by atoms with Crippen molar-refractivity contribution in [1.29, 1.82) is 0 Å². The lowest BCUT2D eigenvalue weighted by Gasteiger charge is -2.13. The third kappa shape index (κ3) is 2.53. The second-order valence-electron chi connectivity index (χ2n) is 3.57. The van der Waals surface area contributed by atoms with E-state index in [1.165, 1.54) is 14.2 Å². The molecule has 18 heavy (non-hydrogen) atoms. The van der Waals surface area contributed by atoms with Crippen LogP contribution in [0.2, 0.25) is 0 Å². The highest BCUT2D eigenvalue weighted by Crippen LogP contribution is 2.39. The third-order valence-corrected chi connectivity index (χ3v) is 2.58. The van der Waals surface area contributed by atoms with Crippen LogP contribution in [-0.4, -0.2) is 32.0 Å². The van der Waals surface area contributed by atoms with Crippen molar-refractivity contribution >= 4 is 18.5 Å². The average molecular weight is 276 g/mol. The number of phenolic OH excluding ortho intramolecular Hbond substituents is 1. The second-order valence-corrected chi connectivity index (χ2v) is 3.57. The molecule has 100 valence electrons. The summed E-state index contributed by atoms with van der Waals surface area (Å²) in [5.41, 5.74) is 0.752. The van der Waals surface area contributed by atoms with Crippen LogP contribution in [0.1, 0.15) is 11.6 Å². The minimum atomic E-state index is -0.457. The Morgan fingerprint density at radius 2 is 1.89 bits per heavy atom. The predicted octanol–water partition coefficient (Wildman–Crippen LogP) is 1.61. The van der Waals surface area contributed by atoms with Crippen LogP contribution in [0.3, 0.4) is 0 Å². The van der Waals surface area contributed by atoms with Crippen LogP contribution in [0.25, 0.3) is 0 Å². The van der Waals surface area contributed by atoms with E-state index in [-0.39, 0.29) is 30.8 Å². The molecule has 0 aromatic heterocycles. The number of ether oxygens (including phenoxy) is 3. The summed E-state index contributed by atoms with van der Waals surface area (Å²) < 4.78 is 14.9. The summed E-state index contributed by atoms with van der Waals surface area (Å²) in [5.74, 6) is 0.519. The molecule has 6 nitrogen and oxygen atoms in total. The smallest absolute Gasteiger partial charge is 0.407 e. The highest BCUT2D eigenvalue weighted by atomic mass is 35.5. The molecule has 0 unspecified atom stereocenters. The van der Waals surface area contributed by atoms with E-state index in [2.05, 4.69) is 5.32 Å². The van der Waals surface area contributed by atoms with Gasteiger partial charge in [-0.3, -0.25) is 0 Å². The maximum atomic E-state index is 11.0. The highest BCUT2D eigenvalue weighted by molar-refractivity contribution is 5.85. The van der Waals surface area contributed by atoms with E-state index in [9.17, 15) is 9.90 Å². The molecule has 1 fully saturated rings. The molecule has 1 atom stereocenters. The van der Waals surface area contributed by atoms with Crippen LogP contribution in [0, 0.1) is 0 Å². The van der Waals surface area contributed by atoms with Crippen molar-refractivity contribution in [2.24, 2.45) is 0 Å². The van der Waals surface area contributed by atoms with E-state index < -0.39 is 6.09 Å². The summed E-state index contributed by atoms with van der Waals surface area (Å²) in [6, 6.07) is 3.01. The molecule has 2 N–H and O–H groups in total. The Morgan fingerprint density at radius 3 is 2.28 bits per heavy atom. The fourth-order valence-corrected chi connectivity index (χ4v) is 1.68. The molecule has 0 spiro atoms. The number of aromatic hydroxyl groups is 1. The van der Waals surface area contributed by atoms with E-state index >= 15 is 0 Å². The minimum Gasteiger partial charge on any atom is -0.502 e. The summed E-state index contributed by atoms with van der Waals surface area (Å²) in [6.45, 7) is 0.246. The number of halogens is 1. The molecule has 1 amide bonds. The maximum Gasteiger partial charge on any atom is 0.407 e. The standard InChI is InChI=1S/C11H13NO5.ClH/c1-15-8-3-6(4-9(16-2)10(8)13)7-5-17-11(14)12-7;/h3-4,7,13H,5H2,1-2H3,(H,12,14);1H/t7-;/m0./s1. The first-order valence-corrected chi connectivity index (χ1v) is 5.04. The Labute approximate surface area is 110 Å². The zero-order valence-corrected chi connectivity index (χ0v) is 10.7. The van der Waals surface area contributed by atoms with Gasteiger partial charge in [-0.1, -0.05) is 0 Å². The Morgan fingerprint density at radius 1 is 1.33 bits per heavy atom. The van der Waals surface area contributed by atoms with Crippen molar-refractivity contribution in [3.8, 4) is 17.2 Å². The van der Waals surface area contributed by atoms with Crippen LogP contribution < -0.4 is 14.8 Å². The van der Waals surface area contributed by atoms with Crippen molar-refractivity contribution in [3.63, 3.8) is 0 Å². The lowest BCUT2D eigenvalue weighted by molar-refractivity contribution is 0.177. The van der Waals surface area contributed by atoms with E-state index in [4.69, 9.17) is 14.2 Å². The lowest BCUT2D eigenvalue weighted by Crippen LogP contribution is -2.18. The Kier molecular flexibility index (Phi) is 4.49. The number of cyclic esters (lactones) is 1. The molecule has 1 aliphatic heterocycles. The quantitative estimate of drug-likeness (QED) is 0.876. The monoisotopic (exact) mass is 275 g/mol. The summed E-state index contributed by atoms with van der Waals surface area (Å²) in [7, 11) is 2.89. The van der Waals surface area contributed by atoms with Crippen molar-refractivity contribution in [3.05, 3.63) is 17.7 Å². The largest absolute Gasteiger partial charge is 0.502 e. The number of methoxy groups -OCH3 is 2. The number of amides is 1. The molecule has 7 heteroatoms. The van der Waals surface area contributed by atoms with E-state index in [0.717, 1.165) is 5.56 Å². The third-order valence-electron chi connectivity index (χ3n) is 2.58. The van der Waals surface area contributed by atoms with Crippen molar-refractivity contribution in [2.45, 2.75) is 6.04 Å². The lowest BCUT2D eigenvalue weighted by atomic mass is 10.1. The molecule has 0 bridgehead atoms. The normalized spacial score (nSPS) is 17.4. The van der Waals surface area contributed by atoms with Gasteiger partial charge in [0.25, 0.3) is 0 Å². The highest BCUT2D eigenvalue weighted by Gasteiger charge is 2.26. The zero-order valence-electron chi connectivity index (χ0n) is 9.93. The first-order chi connectivity index (χ1) is 8.15. The number of nitrogens with one attached hydrogen (secondary N) is 1. The average Bonchev–Trinajstić information content (AvgIpc) is 2.76. The molecule has 0 aliphatic carbocycles. The van der Waals surface area contributed by atoms with E-state index in [1.54, 1.807) is 12.1 Å². The predicted molar refractivity (Wildman–Crippen MR) is 65.7 cm³/mol. The van der Waals surface area contributed by atoms with Gasteiger partial charge in [0.15, 0.2) is 11.5 Å². The molecule has 0 radical (unpaired) electrons. The topological polar surface area (TPSA) is 77.0 Å². The van der Waals surface area contributed by atoms with Crippen LogP contribution in [0.5, 0.6) is 17.2 Å². The molecule has 1 aromatic carbocycles. The van der Waals surface area contributed by atoms with Crippen LogP contribution in [-0.2, 0) is 4.74 Å². The number of alkyl carbamates (subject to hydrolysis) is 1. The van der Waals surface area contributed by atoms with Gasteiger partial charge in [-0.05, 0) is 17.7 Å². The Balaban J connectivity index is 0.00000162. The molecule has 0 saturated carbocycles.